The largest absolute Gasteiger partial charge is 0.396 e. The van der Waals surface area contributed by atoms with Crippen LogP contribution in [0.5, 0.6) is 0 Å². The molecule has 0 fully saturated rings. The predicted octanol–water partition coefficient (Wildman–Crippen LogP) is 1.27. The van der Waals surface area contributed by atoms with E-state index >= 15 is 0 Å². The first-order valence-corrected chi connectivity index (χ1v) is 4.29. The van der Waals surface area contributed by atoms with E-state index in [0.717, 1.165) is 0 Å². The maximum absolute atomic E-state index is 9.59. The van der Waals surface area contributed by atoms with Gasteiger partial charge in [0, 0.05) is 6.61 Å². The van der Waals surface area contributed by atoms with Gasteiger partial charge in [-0.15, -0.1) is 0 Å². The second kappa shape index (κ2) is 4.73. The lowest BCUT2D eigenvalue weighted by Crippen LogP contribution is -2.29. The smallest absolute Gasteiger partial charge is 0.0592 e. The molecule has 0 amide bonds. The van der Waals surface area contributed by atoms with Crippen molar-refractivity contribution in [3.05, 3.63) is 0 Å². The van der Waals surface area contributed by atoms with E-state index in [1.807, 2.05) is 27.7 Å². The summed E-state index contributed by atoms with van der Waals surface area (Å²) >= 11 is 0. The van der Waals surface area contributed by atoms with E-state index in [1.54, 1.807) is 0 Å². The van der Waals surface area contributed by atoms with Crippen LogP contribution in [-0.4, -0.2) is 22.9 Å². The van der Waals surface area contributed by atoms with Crippen molar-refractivity contribution in [1.29, 1.82) is 0 Å². The molecule has 0 aromatic carbocycles. The Balaban J connectivity index is 3.90. The number of rotatable bonds is 4. The second-order valence-electron chi connectivity index (χ2n) is 3.75. The lowest BCUT2D eigenvalue weighted by molar-refractivity contribution is 0.0322. The van der Waals surface area contributed by atoms with E-state index in [4.69, 9.17) is 5.11 Å². The van der Waals surface area contributed by atoms with Crippen LogP contribution in [0, 0.1) is 17.8 Å². The van der Waals surface area contributed by atoms with Gasteiger partial charge in [-0.3, -0.25) is 0 Å². The molecule has 0 saturated heterocycles. The molecule has 2 heteroatoms. The summed E-state index contributed by atoms with van der Waals surface area (Å²) in [5, 5.41) is 18.4. The first-order chi connectivity index (χ1) is 5.00. The maximum Gasteiger partial charge on any atom is 0.0592 e. The topological polar surface area (TPSA) is 40.5 Å². The molecule has 11 heavy (non-hydrogen) atoms. The van der Waals surface area contributed by atoms with E-state index < -0.39 is 0 Å². The molecular formula is C9H20O2. The van der Waals surface area contributed by atoms with Gasteiger partial charge in [0.05, 0.1) is 6.10 Å². The van der Waals surface area contributed by atoms with Gasteiger partial charge in [0.15, 0.2) is 0 Å². The fourth-order valence-corrected chi connectivity index (χ4v) is 1.11. The summed E-state index contributed by atoms with van der Waals surface area (Å²) in [6, 6.07) is 0. The molecule has 0 heterocycles. The summed E-state index contributed by atoms with van der Waals surface area (Å²) in [5.74, 6) is 0.645. The van der Waals surface area contributed by atoms with Gasteiger partial charge >= 0.3 is 0 Å². The van der Waals surface area contributed by atoms with E-state index in [2.05, 4.69) is 0 Å². The summed E-state index contributed by atoms with van der Waals surface area (Å²) in [5.41, 5.74) is 0. The number of aliphatic hydroxyl groups is 2. The molecular weight excluding hydrogens is 140 g/mol. The highest BCUT2D eigenvalue weighted by atomic mass is 16.3. The zero-order valence-corrected chi connectivity index (χ0v) is 7.91. The summed E-state index contributed by atoms with van der Waals surface area (Å²) in [6.07, 6.45) is -0.294. The summed E-state index contributed by atoms with van der Waals surface area (Å²) in [7, 11) is 0. The Morgan fingerprint density at radius 2 is 1.55 bits per heavy atom. The minimum Gasteiger partial charge on any atom is -0.396 e. The monoisotopic (exact) mass is 160 g/mol. The van der Waals surface area contributed by atoms with Gasteiger partial charge < -0.3 is 10.2 Å². The predicted molar refractivity (Wildman–Crippen MR) is 46.3 cm³/mol. The Hall–Kier alpha value is -0.0800. The third-order valence-corrected chi connectivity index (χ3v) is 2.41. The Morgan fingerprint density at radius 1 is 1.09 bits per heavy atom. The Morgan fingerprint density at radius 3 is 1.82 bits per heavy atom. The lowest BCUT2D eigenvalue weighted by atomic mass is 9.86. The van der Waals surface area contributed by atoms with Crippen LogP contribution >= 0.6 is 0 Å². The van der Waals surface area contributed by atoms with Crippen LogP contribution in [-0.2, 0) is 0 Å². The zero-order chi connectivity index (χ0) is 9.02. The minimum atomic E-state index is -0.294. The molecule has 0 radical (unpaired) electrons. The highest BCUT2D eigenvalue weighted by molar-refractivity contribution is 4.71. The van der Waals surface area contributed by atoms with Crippen LogP contribution in [0.4, 0.5) is 0 Å². The molecule has 3 unspecified atom stereocenters. The summed E-state index contributed by atoms with van der Waals surface area (Å²) < 4.78 is 0. The van der Waals surface area contributed by atoms with Gasteiger partial charge in [-0.1, -0.05) is 27.7 Å². The molecule has 0 aliphatic rings. The van der Waals surface area contributed by atoms with Crippen molar-refractivity contribution in [3.63, 3.8) is 0 Å². The van der Waals surface area contributed by atoms with Crippen LogP contribution < -0.4 is 0 Å². The highest BCUT2D eigenvalue weighted by Crippen LogP contribution is 2.19. The Labute approximate surface area is 69.2 Å². The van der Waals surface area contributed by atoms with Gasteiger partial charge in [0.25, 0.3) is 0 Å². The lowest BCUT2D eigenvalue weighted by Gasteiger charge is -2.26. The number of aliphatic hydroxyl groups excluding tert-OH is 2. The second-order valence-corrected chi connectivity index (χ2v) is 3.75. The van der Waals surface area contributed by atoms with E-state index in [9.17, 15) is 5.11 Å². The average molecular weight is 160 g/mol. The summed E-state index contributed by atoms with van der Waals surface area (Å²) in [4.78, 5) is 0. The van der Waals surface area contributed by atoms with Crippen molar-refractivity contribution in [2.45, 2.75) is 33.8 Å². The molecule has 0 spiro atoms. The van der Waals surface area contributed by atoms with Gasteiger partial charge in [-0.05, 0) is 17.8 Å². The van der Waals surface area contributed by atoms with E-state index in [0.29, 0.717) is 0 Å². The molecule has 2 N–H and O–H groups in total. The third kappa shape index (κ3) is 3.21. The fraction of sp³-hybridized carbons (Fsp3) is 1.00. The third-order valence-electron chi connectivity index (χ3n) is 2.41. The number of hydrogen-bond acceptors (Lipinski definition) is 2. The molecule has 0 rings (SSSR count). The van der Waals surface area contributed by atoms with Crippen molar-refractivity contribution in [2.75, 3.05) is 6.61 Å². The fourth-order valence-electron chi connectivity index (χ4n) is 1.11. The molecule has 0 saturated carbocycles. The molecule has 2 nitrogen and oxygen atoms in total. The first kappa shape index (κ1) is 10.9. The Bertz CT molecular complexity index is 102. The molecule has 68 valence electrons. The van der Waals surface area contributed by atoms with E-state index in [1.165, 1.54) is 0 Å². The molecule has 0 bridgehead atoms. The SMILES string of the molecule is CC(C)C(O)C(C)C(C)CO. The van der Waals surface area contributed by atoms with E-state index in [-0.39, 0.29) is 30.5 Å². The first-order valence-electron chi connectivity index (χ1n) is 4.29. The molecule has 0 aliphatic carbocycles. The van der Waals surface area contributed by atoms with Crippen molar-refractivity contribution in [3.8, 4) is 0 Å². The van der Waals surface area contributed by atoms with Crippen LogP contribution in [0.15, 0.2) is 0 Å². The van der Waals surface area contributed by atoms with Crippen molar-refractivity contribution >= 4 is 0 Å². The van der Waals surface area contributed by atoms with Crippen LogP contribution in [0.3, 0.4) is 0 Å². The van der Waals surface area contributed by atoms with Crippen LogP contribution in [0.2, 0.25) is 0 Å². The minimum absolute atomic E-state index is 0.158. The summed E-state index contributed by atoms with van der Waals surface area (Å²) in [6.45, 7) is 8.07. The van der Waals surface area contributed by atoms with Gasteiger partial charge in [-0.2, -0.15) is 0 Å². The van der Waals surface area contributed by atoms with Crippen molar-refractivity contribution in [1.82, 2.24) is 0 Å². The zero-order valence-electron chi connectivity index (χ0n) is 7.91. The van der Waals surface area contributed by atoms with Crippen LogP contribution in [0.1, 0.15) is 27.7 Å². The van der Waals surface area contributed by atoms with Gasteiger partial charge in [0.2, 0.25) is 0 Å². The molecule has 0 aromatic heterocycles. The molecule has 3 atom stereocenters. The quantitative estimate of drug-likeness (QED) is 0.650. The normalized spacial score (nSPS) is 19.9. The average Bonchev–Trinajstić information content (AvgIpc) is 2.00. The number of hydrogen-bond donors (Lipinski definition) is 2. The van der Waals surface area contributed by atoms with Crippen LogP contribution in [0.25, 0.3) is 0 Å². The van der Waals surface area contributed by atoms with Gasteiger partial charge in [0.1, 0.15) is 0 Å². The van der Waals surface area contributed by atoms with Crippen molar-refractivity contribution < 1.29 is 10.2 Å². The highest BCUT2D eigenvalue weighted by Gasteiger charge is 2.22. The molecule has 0 aliphatic heterocycles. The van der Waals surface area contributed by atoms with Crippen molar-refractivity contribution in [2.24, 2.45) is 17.8 Å². The Kier molecular flexibility index (Phi) is 4.69. The van der Waals surface area contributed by atoms with Gasteiger partial charge in [-0.25, -0.2) is 0 Å². The molecule has 0 aromatic rings. The maximum atomic E-state index is 9.59. The standard InChI is InChI=1S/C9H20O2/c1-6(2)9(11)8(4)7(3)5-10/h6-11H,5H2,1-4H3.